The summed E-state index contributed by atoms with van der Waals surface area (Å²) in [6.45, 7) is 0. The molecule has 4 rings (SSSR count). The van der Waals surface area contributed by atoms with Crippen LogP contribution in [0.1, 0.15) is 5.56 Å². The van der Waals surface area contributed by atoms with Crippen molar-refractivity contribution in [2.24, 2.45) is 0 Å². The summed E-state index contributed by atoms with van der Waals surface area (Å²) >= 11 is 0.858. The van der Waals surface area contributed by atoms with Gasteiger partial charge in [0.2, 0.25) is 4.93 Å². The number of methoxy groups -OCH3 is 1. The summed E-state index contributed by atoms with van der Waals surface area (Å²) in [5.41, 5.74) is 3.35. The van der Waals surface area contributed by atoms with Crippen LogP contribution < -0.4 is 0 Å². The number of carbonyl (C=O) groups excluding carboxylic acids is 2. The number of thioether (sulfide) groups is 1. The third kappa shape index (κ3) is 2.48. The summed E-state index contributed by atoms with van der Waals surface area (Å²) in [6.07, 6.45) is 5.12. The van der Waals surface area contributed by atoms with Gasteiger partial charge in [-0.15, -0.1) is 0 Å². The van der Waals surface area contributed by atoms with Crippen LogP contribution in [-0.2, 0) is 14.5 Å². The van der Waals surface area contributed by atoms with Gasteiger partial charge in [0.25, 0.3) is 11.1 Å². The van der Waals surface area contributed by atoms with Gasteiger partial charge in [-0.1, -0.05) is 18.2 Å². The Kier molecular flexibility index (Phi) is 3.97. The summed E-state index contributed by atoms with van der Waals surface area (Å²) in [5.74, 6) is -0.400. The topological polar surface area (TPSA) is 72.4 Å². The molecule has 2 amide bonds. The van der Waals surface area contributed by atoms with Gasteiger partial charge < -0.3 is 4.74 Å². The first-order valence-electron chi connectivity index (χ1n) is 7.92. The number of benzene rings is 1. The average Bonchev–Trinajstić information content (AvgIpc) is 2.92. The second kappa shape index (κ2) is 6.19. The summed E-state index contributed by atoms with van der Waals surface area (Å²) < 4.78 is 5.48. The van der Waals surface area contributed by atoms with E-state index in [0.717, 1.165) is 38.7 Å². The van der Waals surface area contributed by atoms with Crippen molar-refractivity contribution in [3.05, 3.63) is 60.6 Å². The lowest BCUT2D eigenvalue weighted by Crippen LogP contribution is -2.37. The molecule has 1 unspecified atom stereocenters. The Morgan fingerprint density at radius 3 is 2.62 bits per heavy atom. The van der Waals surface area contributed by atoms with Crippen molar-refractivity contribution in [2.45, 2.75) is 4.93 Å². The predicted molar refractivity (Wildman–Crippen MR) is 99.4 cm³/mol. The van der Waals surface area contributed by atoms with Crippen LogP contribution >= 0.6 is 11.8 Å². The molecule has 1 fully saturated rings. The zero-order valence-corrected chi connectivity index (χ0v) is 15.0. The van der Waals surface area contributed by atoms with Gasteiger partial charge in [0, 0.05) is 49.3 Å². The molecule has 0 saturated carbocycles. The second-order valence-corrected chi connectivity index (χ2v) is 7.05. The number of fused-ring (bicyclic) bond motifs is 1. The molecule has 1 aliphatic rings. The molecule has 1 atom stereocenters. The highest BCUT2D eigenvalue weighted by molar-refractivity contribution is 8.15. The molecule has 26 heavy (non-hydrogen) atoms. The molecule has 0 bridgehead atoms. The minimum absolute atomic E-state index is 0.344. The number of nitrogens with zero attached hydrogens (tertiary/aromatic N) is 3. The molecular formula is C19H15N3O3S. The van der Waals surface area contributed by atoms with Crippen LogP contribution in [0.15, 0.2) is 55.0 Å². The average molecular weight is 365 g/mol. The number of ether oxygens (including phenoxy) is 1. The highest BCUT2D eigenvalue weighted by atomic mass is 32.2. The first-order valence-corrected chi connectivity index (χ1v) is 8.74. The fourth-order valence-electron chi connectivity index (χ4n) is 2.98. The molecule has 6 nitrogen and oxygen atoms in total. The van der Waals surface area contributed by atoms with Crippen LogP contribution in [0.5, 0.6) is 0 Å². The van der Waals surface area contributed by atoms with Gasteiger partial charge in [0.05, 0.1) is 5.52 Å². The maximum absolute atomic E-state index is 12.6. The maximum atomic E-state index is 12.6. The monoisotopic (exact) mass is 365 g/mol. The van der Waals surface area contributed by atoms with E-state index >= 15 is 0 Å². The fourth-order valence-corrected chi connectivity index (χ4v) is 3.99. The van der Waals surface area contributed by atoms with Crippen LogP contribution in [0.25, 0.3) is 22.0 Å². The van der Waals surface area contributed by atoms with Crippen LogP contribution in [-0.4, -0.2) is 40.2 Å². The first-order chi connectivity index (χ1) is 12.5. The lowest BCUT2D eigenvalue weighted by molar-refractivity contribution is -0.139. The van der Waals surface area contributed by atoms with Gasteiger partial charge in [-0.25, -0.2) is 0 Å². The van der Waals surface area contributed by atoms with E-state index in [0.29, 0.717) is 5.56 Å². The van der Waals surface area contributed by atoms with E-state index in [4.69, 9.17) is 4.74 Å². The van der Waals surface area contributed by atoms with Gasteiger partial charge >= 0.3 is 0 Å². The third-order valence-corrected chi connectivity index (χ3v) is 5.75. The SMILES string of the molecule is COC1(c2cnc3cc(-c4cccnc4)ccc3c2)SC(=O)N(C)C1=O. The number of hydrogen-bond acceptors (Lipinski definition) is 6. The van der Waals surface area contributed by atoms with E-state index in [1.165, 1.54) is 14.2 Å². The molecule has 0 radical (unpaired) electrons. The Bertz CT molecular complexity index is 1020. The molecular weight excluding hydrogens is 350 g/mol. The minimum atomic E-state index is -1.38. The minimum Gasteiger partial charge on any atom is -0.354 e. The molecule has 1 aromatic carbocycles. The first kappa shape index (κ1) is 16.7. The number of rotatable bonds is 3. The molecule has 7 heteroatoms. The van der Waals surface area contributed by atoms with Crippen LogP contribution in [0.4, 0.5) is 4.79 Å². The standard InChI is InChI=1S/C19H15N3O3S/c1-22-17(23)19(25-2,26-18(22)24)15-8-13-6-5-12(9-16(13)21-11-15)14-4-3-7-20-10-14/h3-11H,1-2H3. The zero-order valence-electron chi connectivity index (χ0n) is 14.2. The Balaban J connectivity index is 1.79. The fraction of sp³-hybridized carbons (Fsp3) is 0.158. The number of hydrogen-bond donors (Lipinski definition) is 0. The molecule has 3 aromatic rings. The molecule has 1 aliphatic heterocycles. The highest BCUT2D eigenvalue weighted by Crippen LogP contribution is 2.45. The lowest BCUT2D eigenvalue weighted by Gasteiger charge is -2.23. The number of amides is 2. The quantitative estimate of drug-likeness (QED) is 0.708. The zero-order chi connectivity index (χ0) is 18.3. The smallest absolute Gasteiger partial charge is 0.291 e. The predicted octanol–water partition coefficient (Wildman–Crippen LogP) is 3.42. The Hall–Kier alpha value is -2.77. The van der Waals surface area contributed by atoms with E-state index in [1.807, 2.05) is 36.4 Å². The van der Waals surface area contributed by atoms with Crippen LogP contribution in [0.3, 0.4) is 0 Å². The third-order valence-electron chi connectivity index (χ3n) is 4.44. The summed E-state index contributed by atoms with van der Waals surface area (Å²) in [6, 6.07) is 11.6. The highest BCUT2D eigenvalue weighted by Gasteiger charge is 2.53. The Morgan fingerprint density at radius 1 is 1.12 bits per heavy atom. The van der Waals surface area contributed by atoms with Crippen molar-refractivity contribution in [2.75, 3.05) is 14.2 Å². The molecule has 1 saturated heterocycles. The van der Waals surface area contributed by atoms with Crippen molar-refractivity contribution in [1.82, 2.24) is 14.9 Å². The van der Waals surface area contributed by atoms with Gasteiger partial charge in [0.1, 0.15) is 0 Å². The van der Waals surface area contributed by atoms with E-state index in [2.05, 4.69) is 9.97 Å². The molecule has 0 spiro atoms. The maximum Gasteiger partial charge on any atom is 0.291 e. The van der Waals surface area contributed by atoms with Gasteiger partial charge in [-0.05, 0) is 35.5 Å². The van der Waals surface area contributed by atoms with Crippen molar-refractivity contribution in [1.29, 1.82) is 0 Å². The Labute approximate surface area is 154 Å². The largest absolute Gasteiger partial charge is 0.354 e. The van der Waals surface area contributed by atoms with Gasteiger partial charge in [-0.3, -0.25) is 24.5 Å². The van der Waals surface area contributed by atoms with E-state index in [9.17, 15) is 9.59 Å². The van der Waals surface area contributed by atoms with Crippen molar-refractivity contribution in [3.8, 4) is 11.1 Å². The number of carbonyl (C=O) groups is 2. The van der Waals surface area contributed by atoms with E-state index in [-0.39, 0.29) is 5.24 Å². The van der Waals surface area contributed by atoms with Crippen molar-refractivity contribution in [3.63, 3.8) is 0 Å². The molecule has 2 aromatic heterocycles. The lowest BCUT2D eigenvalue weighted by atomic mass is 10.0. The van der Waals surface area contributed by atoms with Gasteiger partial charge in [-0.2, -0.15) is 0 Å². The summed E-state index contributed by atoms with van der Waals surface area (Å²) in [4.78, 5) is 32.9. The number of likely N-dealkylation sites (N-methyl/N-ethyl adjacent to an activating group) is 1. The molecule has 0 N–H and O–H groups in total. The van der Waals surface area contributed by atoms with Crippen LogP contribution in [0.2, 0.25) is 0 Å². The van der Waals surface area contributed by atoms with Crippen LogP contribution in [0, 0.1) is 0 Å². The van der Waals surface area contributed by atoms with Gasteiger partial charge in [0.15, 0.2) is 0 Å². The van der Waals surface area contributed by atoms with Crippen molar-refractivity contribution >= 4 is 33.8 Å². The molecule has 130 valence electrons. The van der Waals surface area contributed by atoms with E-state index < -0.39 is 10.8 Å². The molecule has 3 heterocycles. The van der Waals surface area contributed by atoms with E-state index in [1.54, 1.807) is 18.6 Å². The normalized spacial score (nSPS) is 20.2. The number of aromatic nitrogens is 2. The Morgan fingerprint density at radius 2 is 1.96 bits per heavy atom. The summed E-state index contributed by atoms with van der Waals surface area (Å²) in [5, 5.41) is 0.519. The number of imide groups is 1. The molecule has 0 aliphatic carbocycles. The second-order valence-electron chi connectivity index (χ2n) is 5.93. The number of pyridine rings is 2. The summed E-state index contributed by atoms with van der Waals surface area (Å²) in [7, 11) is 2.88. The van der Waals surface area contributed by atoms with Crippen molar-refractivity contribution < 1.29 is 14.3 Å².